The van der Waals surface area contributed by atoms with Gasteiger partial charge in [0.15, 0.2) is 0 Å². The van der Waals surface area contributed by atoms with E-state index in [0.717, 1.165) is 0 Å². The largest absolute Gasteiger partial charge is 0.490 e. The van der Waals surface area contributed by atoms with Crippen LogP contribution in [-0.4, -0.2) is 23.2 Å². The van der Waals surface area contributed by atoms with Crippen molar-refractivity contribution in [3.05, 3.63) is 57.7 Å². The standard InChI is InChI=1S/C12H10N8O2.Co/c13-19-17-11-10(3-6-16-12(11)18-20-14)22-8-7-21-9-1-4-15-5-2-9;/h1-6H,7-8H2;. The van der Waals surface area contributed by atoms with Crippen LogP contribution in [0.3, 0.4) is 0 Å². The van der Waals surface area contributed by atoms with Crippen molar-refractivity contribution in [3.63, 3.8) is 0 Å². The summed E-state index contributed by atoms with van der Waals surface area (Å²) in [7, 11) is 0. The maximum Gasteiger partial charge on any atom is 0.140 e. The van der Waals surface area contributed by atoms with Gasteiger partial charge in [0.2, 0.25) is 0 Å². The van der Waals surface area contributed by atoms with Crippen molar-refractivity contribution in [2.24, 2.45) is 10.2 Å². The number of hydrogen-bond donors (Lipinski definition) is 0. The minimum Gasteiger partial charge on any atom is -0.490 e. The van der Waals surface area contributed by atoms with Crippen molar-refractivity contribution < 1.29 is 26.3 Å². The fraction of sp³-hybridized carbons (Fsp3) is 0.167. The van der Waals surface area contributed by atoms with E-state index in [1.165, 1.54) is 12.3 Å². The Morgan fingerprint density at radius 2 is 1.65 bits per heavy atom. The number of azide groups is 2. The molecule has 0 saturated carbocycles. The molecule has 0 saturated heterocycles. The van der Waals surface area contributed by atoms with Crippen molar-refractivity contribution >= 4 is 11.5 Å². The van der Waals surface area contributed by atoms with E-state index in [-0.39, 0.29) is 47.2 Å². The summed E-state index contributed by atoms with van der Waals surface area (Å²) in [6, 6.07) is 4.95. The Hall–Kier alpha value is -2.97. The summed E-state index contributed by atoms with van der Waals surface area (Å²) < 4.78 is 10.9. The summed E-state index contributed by atoms with van der Waals surface area (Å²) in [6.45, 7) is 0.481. The first-order valence-corrected chi connectivity index (χ1v) is 6.10. The molecule has 0 aliphatic carbocycles. The molecule has 0 fully saturated rings. The number of aromatic nitrogens is 2. The zero-order valence-electron chi connectivity index (χ0n) is 11.6. The third-order valence-electron chi connectivity index (χ3n) is 2.41. The molecule has 2 aromatic rings. The molecule has 0 bridgehead atoms. The van der Waals surface area contributed by atoms with Crippen LogP contribution in [0.2, 0.25) is 0 Å². The Bertz CT molecular complexity index is 729. The second-order valence-electron chi connectivity index (χ2n) is 3.74. The van der Waals surface area contributed by atoms with Gasteiger partial charge in [0, 0.05) is 45.2 Å². The van der Waals surface area contributed by atoms with Crippen molar-refractivity contribution in [2.45, 2.75) is 0 Å². The third-order valence-corrected chi connectivity index (χ3v) is 2.41. The summed E-state index contributed by atoms with van der Waals surface area (Å²) in [5.41, 5.74) is 17.1. The summed E-state index contributed by atoms with van der Waals surface area (Å²) in [6.07, 6.45) is 4.62. The van der Waals surface area contributed by atoms with Crippen LogP contribution < -0.4 is 9.47 Å². The van der Waals surface area contributed by atoms with Gasteiger partial charge in [0.25, 0.3) is 0 Å². The van der Waals surface area contributed by atoms with Gasteiger partial charge >= 0.3 is 0 Å². The van der Waals surface area contributed by atoms with Crippen LogP contribution in [0.1, 0.15) is 0 Å². The normalized spacial score (nSPS) is 8.87. The Morgan fingerprint density at radius 3 is 2.35 bits per heavy atom. The average Bonchev–Trinajstić information content (AvgIpc) is 2.55. The van der Waals surface area contributed by atoms with Crippen molar-refractivity contribution in [1.82, 2.24) is 9.97 Å². The van der Waals surface area contributed by atoms with Gasteiger partial charge in [0.1, 0.15) is 36.2 Å². The SMILES string of the molecule is [Co].[N-]=[N+]=Nc1nccc(OCCOc2ccncc2)c1N=[N+]=[N-]. The quantitative estimate of drug-likeness (QED) is 0.321. The molecular weight excluding hydrogens is 347 g/mol. The van der Waals surface area contributed by atoms with Crippen molar-refractivity contribution in [3.8, 4) is 11.5 Å². The van der Waals surface area contributed by atoms with Gasteiger partial charge in [-0.15, -0.1) is 0 Å². The van der Waals surface area contributed by atoms with Gasteiger partial charge in [0.05, 0.1) is 0 Å². The van der Waals surface area contributed by atoms with E-state index in [1.807, 2.05) is 0 Å². The van der Waals surface area contributed by atoms with Gasteiger partial charge in [-0.25, -0.2) is 0 Å². The van der Waals surface area contributed by atoms with E-state index < -0.39 is 0 Å². The van der Waals surface area contributed by atoms with Crippen LogP contribution in [0, 0.1) is 0 Å². The van der Waals surface area contributed by atoms with Crippen molar-refractivity contribution in [1.29, 1.82) is 0 Å². The van der Waals surface area contributed by atoms with Gasteiger partial charge in [-0.2, -0.15) is 0 Å². The van der Waals surface area contributed by atoms with Gasteiger partial charge in [-0.1, -0.05) is 5.11 Å². The topological polar surface area (TPSA) is 142 Å². The molecule has 0 N–H and O–H groups in total. The molecule has 11 heteroatoms. The number of nitrogens with zero attached hydrogens (tertiary/aromatic N) is 8. The Morgan fingerprint density at radius 1 is 0.957 bits per heavy atom. The van der Waals surface area contributed by atoms with Crippen LogP contribution in [0.5, 0.6) is 11.5 Å². The molecule has 2 heterocycles. The van der Waals surface area contributed by atoms with E-state index in [4.69, 9.17) is 20.5 Å². The smallest absolute Gasteiger partial charge is 0.140 e. The molecule has 0 spiro atoms. The average molecular weight is 357 g/mol. The fourth-order valence-corrected chi connectivity index (χ4v) is 1.54. The van der Waals surface area contributed by atoms with E-state index in [0.29, 0.717) is 5.75 Å². The van der Waals surface area contributed by atoms with E-state index in [2.05, 4.69) is 30.0 Å². The molecule has 119 valence electrons. The number of hydrogen-bond acceptors (Lipinski definition) is 6. The molecule has 10 nitrogen and oxygen atoms in total. The second-order valence-corrected chi connectivity index (χ2v) is 3.74. The predicted octanol–water partition coefficient (Wildman–Crippen LogP) is 3.82. The molecular formula is C12H10CoN8O2. The first-order valence-electron chi connectivity index (χ1n) is 6.10. The maximum absolute atomic E-state index is 8.57. The molecule has 0 unspecified atom stereocenters. The molecule has 0 amide bonds. The van der Waals surface area contributed by atoms with Gasteiger partial charge < -0.3 is 9.47 Å². The van der Waals surface area contributed by atoms with Crippen molar-refractivity contribution in [2.75, 3.05) is 13.2 Å². The Kier molecular flexibility index (Phi) is 7.76. The molecule has 23 heavy (non-hydrogen) atoms. The van der Waals surface area contributed by atoms with Crippen LogP contribution in [0.25, 0.3) is 20.9 Å². The molecule has 1 radical (unpaired) electrons. The summed E-state index contributed by atoms with van der Waals surface area (Å²) in [5, 5.41) is 6.79. The first kappa shape index (κ1) is 18.1. The number of ether oxygens (including phenoxy) is 2. The number of rotatable bonds is 7. The van der Waals surface area contributed by atoms with E-state index in [1.54, 1.807) is 24.5 Å². The van der Waals surface area contributed by atoms with Crippen LogP contribution in [0.4, 0.5) is 11.5 Å². The van der Waals surface area contributed by atoms with Crippen LogP contribution in [-0.2, 0) is 16.8 Å². The minimum atomic E-state index is -0.0483. The van der Waals surface area contributed by atoms with Gasteiger partial charge in [-0.3, -0.25) is 9.97 Å². The predicted molar refractivity (Wildman–Crippen MR) is 77.1 cm³/mol. The molecule has 2 rings (SSSR count). The minimum absolute atomic E-state index is 0. The molecule has 2 aromatic heterocycles. The summed E-state index contributed by atoms with van der Waals surface area (Å²) in [4.78, 5) is 13.0. The van der Waals surface area contributed by atoms with Crippen LogP contribution in [0.15, 0.2) is 47.0 Å². The zero-order valence-corrected chi connectivity index (χ0v) is 12.6. The summed E-state index contributed by atoms with van der Waals surface area (Å²) >= 11 is 0. The van der Waals surface area contributed by atoms with Gasteiger partial charge in [-0.05, 0) is 34.4 Å². The molecule has 0 atom stereocenters. The van der Waals surface area contributed by atoms with E-state index >= 15 is 0 Å². The third kappa shape index (κ3) is 5.38. The summed E-state index contributed by atoms with van der Waals surface area (Å²) in [5.74, 6) is 0.875. The fourth-order valence-electron chi connectivity index (χ4n) is 1.54. The Balaban J connectivity index is 0.00000264. The maximum atomic E-state index is 8.57. The number of pyridine rings is 2. The second kappa shape index (κ2) is 9.87. The molecule has 0 aromatic carbocycles. The van der Waals surface area contributed by atoms with Crippen LogP contribution >= 0.6 is 0 Å². The van der Waals surface area contributed by atoms with E-state index in [9.17, 15) is 0 Å². The monoisotopic (exact) mass is 357 g/mol. The Labute approximate surface area is 140 Å². The molecule has 0 aliphatic rings. The zero-order chi connectivity index (χ0) is 15.6. The molecule has 0 aliphatic heterocycles. The first-order chi connectivity index (χ1) is 10.8.